The SMILES string of the molecule is O=[N+]([O-])c1c(F)ccc2c[n+](O)ccc12. The zero-order valence-electron chi connectivity index (χ0n) is 7.42. The maximum atomic E-state index is 13.2. The molecule has 0 aliphatic heterocycles. The van der Waals surface area contributed by atoms with E-state index < -0.39 is 16.4 Å². The van der Waals surface area contributed by atoms with E-state index in [0.717, 1.165) is 10.8 Å². The van der Waals surface area contributed by atoms with Crippen LogP contribution in [0.1, 0.15) is 0 Å². The Balaban J connectivity index is 2.88. The highest BCUT2D eigenvalue weighted by molar-refractivity contribution is 5.89. The van der Waals surface area contributed by atoms with Crippen LogP contribution in [0.5, 0.6) is 0 Å². The molecule has 2 aromatic rings. The van der Waals surface area contributed by atoms with Gasteiger partial charge in [0.25, 0.3) is 0 Å². The summed E-state index contributed by atoms with van der Waals surface area (Å²) in [7, 11) is 0. The van der Waals surface area contributed by atoms with Gasteiger partial charge >= 0.3 is 5.69 Å². The number of halogens is 1. The molecule has 0 aliphatic rings. The lowest BCUT2D eigenvalue weighted by atomic mass is 10.1. The topological polar surface area (TPSA) is 67.2 Å². The molecule has 5 nitrogen and oxygen atoms in total. The van der Waals surface area contributed by atoms with Crippen molar-refractivity contribution in [3.63, 3.8) is 0 Å². The van der Waals surface area contributed by atoms with Crippen molar-refractivity contribution < 1.29 is 19.3 Å². The van der Waals surface area contributed by atoms with E-state index in [1.54, 1.807) is 0 Å². The van der Waals surface area contributed by atoms with Crippen molar-refractivity contribution in [2.45, 2.75) is 0 Å². The van der Waals surface area contributed by atoms with Crippen LogP contribution in [0.4, 0.5) is 10.1 Å². The first kappa shape index (κ1) is 9.32. The smallest absolute Gasteiger partial charge is 0.285 e. The van der Waals surface area contributed by atoms with Crippen molar-refractivity contribution in [1.82, 2.24) is 0 Å². The molecule has 0 bridgehead atoms. The van der Waals surface area contributed by atoms with Crippen molar-refractivity contribution in [3.8, 4) is 0 Å². The van der Waals surface area contributed by atoms with E-state index in [1.165, 1.54) is 24.5 Å². The lowest BCUT2D eigenvalue weighted by Crippen LogP contribution is -2.27. The third kappa shape index (κ3) is 1.45. The predicted octanol–water partition coefficient (Wildman–Crippen LogP) is 1.41. The first-order valence-electron chi connectivity index (χ1n) is 4.07. The summed E-state index contributed by atoms with van der Waals surface area (Å²) in [6.45, 7) is 0. The van der Waals surface area contributed by atoms with Crippen LogP contribution in [0.2, 0.25) is 0 Å². The summed E-state index contributed by atoms with van der Waals surface area (Å²) in [5, 5.41) is 20.3. The summed E-state index contributed by atoms with van der Waals surface area (Å²) in [5.74, 6) is -0.886. The van der Waals surface area contributed by atoms with E-state index in [0.29, 0.717) is 5.39 Å². The molecule has 0 spiro atoms. The van der Waals surface area contributed by atoms with E-state index in [4.69, 9.17) is 5.21 Å². The van der Waals surface area contributed by atoms with E-state index in [1.807, 2.05) is 0 Å². The largest absolute Gasteiger partial charge is 0.312 e. The molecule has 0 fully saturated rings. The second kappa shape index (κ2) is 3.16. The summed E-state index contributed by atoms with van der Waals surface area (Å²) >= 11 is 0. The Kier molecular flexibility index (Phi) is 1.96. The maximum Gasteiger partial charge on any atom is 0.312 e. The molecule has 1 aromatic heterocycles. The molecule has 0 atom stereocenters. The Morgan fingerprint density at radius 1 is 1.40 bits per heavy atom. The lowest BCUT2D eigenvalue weighted by Gasteiger charge is -1.97. The van der Waals surface area contributed by atoms with Crippen LogP contribution in [-0.2, 0) is 0 Å². The second-order valence-electron chi connectivity index (χ2n) is 2.98. The summed E-state index contributed by atoms with van der Waals surface area (Å²) in [4.78, 5) is 9.84. The number of rotatable bonds is 1. The average molecular weight is 209 g/mol. The number of hydrogen-bond donors (Lipinski definition) is 1. The van der Waals surface area contributed by atoms with Crippen molar-refractivity contribution >= 4 is 16.5 Å². The molecular formula is C9H6FN2O3+. The fourth-order valence-corrected chi connectivity index (χ4v) is 1.41. The molecule has 1 aromatic carbocycles. The van der Waals surface area contributed by atoms with Crippen LogP contribution < -0.4 is 4.73 Å². The quantitative estimate of drug-likeness (QED) is 0.334. The van der Waals surface area contributed by atoms with Gasteiger partial charge in [-0.15, -0.1) is 0 Å². The Hall–Kier alpha value is -2.24. The van der Waals surface area contributed by atoms with E-state index >= 15 is 0 Å². The molecular weight excluding hydrogens is 203 g/mol. The lowest BCUT2D eigenvalue weighted by molar-refractivity contribution is -0.903. The van der Waals surface area contributed by atoms with Gasteiger partial charge in [-0.05, 0) is 12.1 Å². The predicted molar refractivity (Wildman–Crippen MR) is 47.9 cm³/mol. The normalized spacial score (nSPS) is 10.5. The van der Waals surface area contributed by atoms with Crippen LogP contribution in [0.25, 0.3) is 10.8 Å². The van der Waals surface area contributed by atoms with Gasteiger partial charge in [-0.25, -0.2) is 0 Å². The Morgan fingerprint density at radius 3 is 2.80 bits per heavy atom. The number of nitro benzene ring substituents is 1. The van der Waals surface area contributed by atoms with E-state index in [9.17, 15) is 14.5 Å². The first-order chi connectivity index (χ1) is 7.09. The fourth-order valence-electron chi connectivity index (χ4n) is 1.41. The van der Waals surface area contributed by atoms with Crippen molar-refractivity contribution in [3.05, 3.63) is 46.5 Å². The Bertz CT molecular complexity index is 556. The van der Waals surface area contributed by atoms with Crippen LogP contribution in [-0.4, -0.2) is 10.1 Å². The van der Waals surface area contributed by atoms with Crippen LogP contribution in [0, 0.1) is 15.9 Å². The number of aromatic nitrogens is 1. The molecule has 0 unspecified atom stereocenters. The van der Waals surface area contributed by atoms with Gasteiger partial charge < -0.3 is 0 Å². The van der Waals surface area contributed by atoms with Crippen molar-refractivity contribution in [1.29, 1.82) is 0 Å². The summed E-state index contributed by atoms with van der Waals surface area (Å²) in [6, 6.07) is 3.65. The minimum absolute atomic E-state index is 0.158. The first-order valence-corrected chi connectivity index (χ1v) is 4.07. The number of nitrogens with zero attached hydrogens (tertiary/aromatic N) is 2. The summed E-state index contributed by atoms with van der Waals surface area (Å²) in [6.07, 6.45) is 2.47. The van der Waals surface area contributed by atoms with Gasteiger partial charge in [-0.1, -0.05) is 0 Å². The zero-order chi connectivity index (χ0) is 11.0. The highest BCUT2D eigenvalue weighted by Crippen LogP contribution is 2.26. The van der Waals surface area contributed by atoms with Gasteiger partial charge in [0.15, 0.2) is 0 Å². The number of pyridine rings is 1. The molecule has 1 heterocycles. The number of benzene rings is 1. The molecule has 2 rings (SSSR count). The third-order valence-corrected chi connectivity index (χ3v) is 2.05. The Morgan fingerprint density at radius 2 is 2.13 bits per heavy atom. The maximum absolute atomic E-state index is 13.2. The molecule has 0 radical (unpaired) electrons. The van der Waals surface area contributed by atoms with Gasteiger partial charge in [0.1, 0.15) is 0 Å². The standard InChI is InChI=1S/C9H6FN2O3/c10-8-2-1-6-5-11(13)4-3-7(6)9(8)12(14)15/h1-5,13H/q+1. The van der Waals surface area contributed by atoms with Gasteiger partial charge in [-0.2, -0.15) is 4.39 Å². The molecule has 0 saturated carbocycles. The fraction of sp³-hybridized carbons (Fsp3) is 0. The zero-order valence-corrected chi connectivity index (χ0v) is 7.42. The molecule has 0 aliphatic carbocycles. The van der Waals surface area contributed by atoms with Crippen molar-refractivity contribution in [2.75, 3.05) is 0 Å². The van der Waals surface area contributed by atoms with E-state index in [-0.39, 0.29) is 5.39 Å². The molecule has 76 valence electrons. The summed E-state index contributed by atoms with van der Waals surface area (Å²) < 4.78 is 13.9. The van der Waals surface area contributed by atoms with Crippen LogP contribution in [0.15, 0.2) is 30.6 Å². The minimum atomic E-state index is -0.886. The molecule has 15 heavy (non-hydrogen) atoms. The van der Waals surface area contributed by atoms with Gasteiger partial charge in [-0.3, -0.25) is 15.3 Å². The van der Waals surface area contributed by atoms with Gasteiger partial charge in [0.2, 0.25) is 18.2 Å². The highest BCUT2D eigenvalue weighted by atomic mass is 19.1. The van der Waals surface area contributed by atoms with Gasteiger partial charge in [0, 0.05) is 10.8 Å². The summed E-state index contributed by atoms with van der Waals surface area (Å²) in [5.41, 5.74) is -0.576. The number of hydrogen-bond acceptors (Lipinski definition) is 3. The van der Waals surface area contributed by atoms with E-state index in [2.05, 4.69) is 0 Å². The third-order valence-electron chi connectivity index (χ3n) is 2.05. The molecule has 1 N–H and O–H groups in total. The van der Waals surface area contributed by atoms with Crippen LogP contribution in [0.3, 0.4) is 0 Å². The average Bonchev–Trinajstić information content (AvgIpc) is 2.17. The Labute approximate surface area is 83.1 Å². The van der Waals surface area contributed by atoms with Crippen molar-refractivity contribution in [2.24, 2.45) is 0 Å². The number of nitro groups is 1. The molecule has 0 saturated heterocycles. The molecule has 6 heteroatoms. The second-order valence-corrected chi connectivity index (χ2v) is 2.98. The van der Waals surface area contributed by atoms with Crippen LogP contribution >= 0.6 is 0 Å². The highest BCUT2D eigenvalue weighted by Gasteiger charge is 2.20. The minimum Gasteiger partial charge on any atom is -0.285 e. The van der Waals surface area contributed by atoms with Gasteiger partial charge in [0.05, 0.1) is 15.7 Å². The molecule has 0 amide bonds. The number of fused-ring (bicyclic) bond motifs is 1. The monoisotopic (exact) mass is 209 g/mol.